The molecule has 0 N–H and O–H groups in total. The molecule has 2 aromatic carbocycles. The summed E-state index contributed by atoms with van der Waals surface area (Å²) in [6, 6.07) is 19.0. The molecule has 0 radical (unpaired) electrons. The Bertz CT molecular complexity index is 941. The minimum atomic E-state index is -0.0995. The van der Waals surface area contributed by atoms with Crippen LogP contribution in [-0.4, -0.2) is 43.8 Å². The third kappa shape index (κ3) is 16.3. The molecule has 42 heavy (non-hydrogen) atoms. The van der Waals surface area contributed by atoms with Crippen LogP contribution in [-0.2, 0) is 22.5 Å². The fourth-order valence-corrected chi connectivity index (χ4v) is 5.75. The molecule has 0 aliphatic rings. The largest absolute Gasteiger partial charge is 0.491 e. The average molecular weight is 581 g/mol. The summed E-state index contributed by atoms with van der Waals surface area (Å²) in [7, 11) is 4.37. The molecule has 236 valence electrons. The summed E-state index contributed by atoms with van der Waals surface area (Å²) in [5.41, 5.74) is 2.67. The Hall–Kier alpha value is -2.33. The summed E-state index contributed by atoms with van der Waals surface area (Å²) >= 11 is 0. The van der Waals surface area contributed by atoms with Crippen molar-refractivity contribution in [2.75, 3.05) is 27.2 Å². The molecular formula is C38H62NO3+. The predicted octanol–water partition coefficient (Wildman–Crippen LogP) is 9.93. The van der Waals surface area contributed by atoms with Crippen molar-refractivity contribution in [1.82, 2.24) is 0 Å². The van der Waals surface area contributed by atoms with E-state index < -0.39 is 0 Å². The lowest BCUT2D eigenvalue weighted by Gasteiger charge is -2.32. The highest BCUT2D eigenvalue weighted by atomic mass is 16.5. The molecule has 0 heterocycles. The van der Waals surface area contributed by atoms with Crippen molar-refractivity contribution < 1.29 is 18.8 Å². The summed E-state index contributed by atoms with van der Waals surface area (Å²) in [4.78, 5) is 12.8. The van der Waals surface area contributed by atoms with Crippen molar-refractivity contribution in [2.24, 2.45) is 5.92 Å². The molecule has 0 saturated heterocycles. The van der Waals surface area contributed by atoms with Gasteiger partial charge in [0.1, 0.15) is 18.2 Å². The molecule has 2 unspecified atom stereocenters. The van der Waals surface area contributed by atoms with Crippen molar-refractivity contribution in [2.45, 2.75) is 130 Å². The van der Waals surface area contributed by atoms with Gasteiger partial charge in [-0.2, -0.15) is 0 Å². The van der Waals surface area contributed by atoms with E-state index in [1.165, 1.54) is 88.2 Å². The minimum Gasteiger partial charge on any atom is -0.491 e. The van der Waals surface area contributed by atoms with Crippen molar-refractivity contribution >= 4 is 5.97 Å². The summed E-state index contributed by atoms with van der Waals surface area (Å²) in [5.74, 6) is 0.697. The zero-order chi connectivity index (χ0) is 30.5. The van der Waals surface area contributed by atoms with Gasteiger partial charge < -0.3 is 14.0 Å². The van der Waals surface area contributed by atoms with E-state index in [-0.39, 0.29) is 18.0 Å². The van der Waals surface area contributed by atoms with Crippen LogP contribution in [0.25, 0.3) is 0 Å². The topological polar surface area (TPSA) is 35.5 Å². The maximum absolute atomic E-state index is 12.8. The minimum absolute atomic E-state index is 0.00892. The Balaban J connectivity index is 1.56. The molecule has 0 aliphatic heterocycles. The molecule has 0 spiro atoms. The second-order valence-electron chi connectivity index (χ2n) is 13.0. The van der Waals surface area contributed by atoms with Gasteiger partial charge in [0.05, 0.1) is 33.4 Å². The number of carbonyl (C=O) groups excluding carboxylic acids is 1. The lowest BCUT2D eigenvalue weighted by Crippen LogP contribution is -2.44. The molecule has 0 saturated carbocycles. The molecule has 0 fully saturated rings. The molecule has 2 rings (SSSR count). The maximum atomic E-state index is 12.8. The van der Waals surface area contributed by atoms with Gasteiger partial charge in [0.25, 0.3) is 0 Å². The average Bonchev–Trinajstić information content (AvgIpc) is 2.97. The first-order valence-corrected chi connectivity index (χ1v) is 17.1. The summed E-state index contributed by atoms with van der Waals surface area (Å²) in [6.07, 6.45) is 19.2. The molecule has 2 aromatic rings. The lowest BCUT2D eigenvalue weighted by molar-refractivity contribution is -0.906. The highest BCUT2D eigenvalue weighted by molar-refractivity contribution is 5.72. The number of esters is 1. The van der Waals surface area contributed by atoms with Crippen LogP contribution in [0.2, 0.25) is 0 Å². The standard InChI is InChI=1S/C38H62NO3/c1-6-8-9-10-11-12-13-14-15-16-17-19-22-34-25-27-37(28-26-34)42-33(3)29-30-41-38(40)36(7-2)32-39(4,5)31-35-23-20-18-21-24-35/h18,20-21,23-28,33,36H,6-17,19,22,29-32H2,1-5H3/q+1. The van der Waals surface area contributed by atoms with E-state index >= 15 is 0 Å². The van der Waals surface area contributed by atoms with Crippen LogP contribution < -0.4 is 4.74 Å². The van der Waals surface area contributed by atoms with Crippen molar-refractivity contribution in [3.05, 3.63) is 65.7 Å². The molecular weight excluding hydrogens is 518 g/mol. The number of ether oxygens (including phenoxy) is 2. The predicted molar refractivity (Wildman–Crippen MR) is 178 cm³/mol. The first-order chi connectivity index (χ1) is 20.3. The zero-order valence-corrected chi connectivity index (χ0v) is 27.8. The quantitative estimate of drug-likeness (QED) is 0.0704. The summed E-state index contributed by atoms with van der Waals surface area (Å²) < 4.78 is 12.6. The van der Waals surface area contributed by atoms with E-state index in [1.54, 1.807) is 0 Å². The Morgan fingerprint density at radius 1 is 0.738 bits per heavy atom. The van der Waals surface area contributed by atoms with Crippen molar-refractivity contribution in [1.29, 1.82) is 0 Å². The van der Waals surface area contributed by atoms with Gasteiger partial charge in [-0.1, -0.05) is 127 Å². The second kappa shape index (κ2) is 21.4. The highest BCUT2D eigenvalue weighted by Crippen LogP contribution is 2.19. The number of rotatable bonds is 24. The monoisotopic (exact) mass is 580 g/mol. The normalized spacial score (nSPS) is 13.1. The van der Waals surface area contributed by atoms with Gasteiger partial charge in [0, 0.05) is 12.0 Å². The van der Waals surface area contributed by atoms with E-state index in [0.29, 0.717) is 13.0 Å². The Morgan fingerprint density at radius 2 is 1.31 bits per heavy atom. The molecule has 4 heteroatoms. The molecule has 0 aromatic heterocycles. The van der Waals surface area contributed by atoms with Crippen LogP contribution in [0.1, 0.15) is 122 Å². The Morgan fingerprint density at radius 3 is 1.88 bits per heavy atom. The van der Waals surface area contributed by atoms with E-state index in [2.05, 4.69) is 76.5 Å². The van der Waals surface area contributed by atoms with Crippen LogP contribution >= 0.6 is 0 Å². The van der Waals surface area contributed by atoms with Gasteiger partial charge in [0.2, 0.25) is 0 Å². The molecule has 0 amide bonds. The maximum Gasteiger partial charge on any atom is 0.314 e. The fraction of sp³-hybridized carbons (Fsp3) is 0.658. The van der Waals surface area contributed by atoms with Crippen molar-refractivity contribution in [3.63, 3.8) is 0 Å². The van der Waals surface area contributed by atoms with E-state index in [9.17, 15) is 4.79 Å². The lowest BCUT2D eigenvalue weighted by atomic mass is 10.0. The smallest absolute Gasteiger partial charge is 0.314 e. The van der Waals surface area contributed by atoms with Crippen LogP contribution in [0, 0.1) is 5.92 Å². The second-order valence-corrected chi connectivity index (χ2v) is 13.0. The van der Waals surface area contributed by atoms with Gasteiger partial charge in [-0.15, -0.1) is 0 Å². The summed E-state index contributed by atoms with van der Waals surface area (Å²) in [5, 5.41) is 0. The number of hydrogen-bond donors (Lipinski definition) is 0. The van der Waals surface area contributed by atoms with E-state index in [1.807, 2.05) is 13.0 Å². The first-order valence-electron chi connectivity index (χ1n) is 17.1. The fourth-order valence-electron chi connectivity index (χ4n) is 5.75. The van der Waals surface area contributed by atoms with Gasteiger partial charge in [-0.3, -0.25) is 4.79 Å². The van der Waals surface area contributed by atoms with E-state index in [4.69, 9.17) is 9.47 Å². The molecule has 2 atom stereocenters. The number of quaternary nitrogens is 1. The summed E-state index contributed by atoms with van der Waals surface area (Å²) in [6.45, 7) is 8.45. The molecule has 0 bridgehead atoms. The van der Waals surface area contributed by atoms with Crippen LogP contribution in [0.3, 0.4) is 0 Å². The van der Waals surface area contributed by atoms with Gasteiger partial charge in [-0.25, -0.2) is 0 Å². The number of carbonyl (C=O) groups is 1. The first kappa shape index (κ1) is 35.9. The van der Waals surface area contributed by atoms with Crippen LogP contribution in [0.15, 0.2) is 54.6 Å². The highest BCUT2D eigenvalue weighted by Gasteiger charge is 2.28. The SMILES string of the molecule is CCCCCCCCCCCCCCc1ccc(OC(C)CCOC(=O)C(CC)C[N+](C)(C)Cc2ccccc2)cc1. The number of unbranched alkanes of at least 4 members (excludes halogenated alkanes) is 11. The third-order valence-corrected chi connectivity index (χ3v) is 8.34. The van der Waals surface area contributed by atoms with Crippen molar-refractivity contribution in [3.8, 4) is 5.75 Å². The zero-order valence-electron chi connectivity index (χ0n) is 27.8. The number of aryl methyl sites for hydroxylation is 1. The number of benzene rings is 2. The Kier molecular flexibility index (Phi) is 18.3. The van der Waals surface area contributed by atoms with Crippen LogP contribution in [0.4, 0.5) is 0 Å². The van der Waals surface area contributed by atoms with E-state index in [0.717, 1.165) is 36.2 Å². The molecule has 4 nitrogen and oxygen atoms in total. The number of nitrogens with zero attached hydrogens (tertiary/aromatic N) is 1. The number of hydrogen-bond acceptors (Lipinski definition) is 3. The van der Waals surface area contributed by atoms with Gasteiger partial charge in [0.15, 0.2) is 0 Å². The van der Waals surface area contributed by atoms with Gasteiger partial charge in [-0.05, 0) is 43.9 Å². The molecule has 0 aliphatic carbocycles. The van der Waals surface area contributed by atoms with Crippen LogP contribution in [0.5, 0.6) is 5.75 Å². The Labute approximate surface area is 258 Å². The van der Waals surface area contributed by atoms with Gasteiger partial charge >= 0.3 is 5.97 Å². The third-order valence-electron chi connectivity index (χ3n) is 8.34.